The van der Waals surface area contributed by atoms with Crippen molar-refractivity contribution in [2.45, 2.75) is 6.42 Å². The molecular formula is C10H7NO4. The highest BCUT2D eigenvalue weighted by atomic mass is 16.4. The Morgan fingerprint density at radius 3 is 2.47 bits per heavy atom. The van der Waals surface area contributed by atoms with Crippen molar-refractivity contribution in [3.8, 4) is 6.07 Å². The number of aromatic carboxylic acids is 1. The van der Waals surface area contributed by atoms with E-state index in [0.717, 1.165) is 0 Å². The molecule has 2 N–H and O–H groups in total. The zero-order valence-corrected chi connectivity index (χ0v) is 7.60. The summed E-state index contributed by atoms with van der Waals surface area (Å²) in [7, 11) is 0. The number of nitriles is 1. The van der Waals surface area contributed by atoms with Gasteiger partial charge in [-0.25, -0.2) is 4.79 Å². The van der Waals surface area contributed by atoms with Crippen LogP contribution >= 0.6 is 0 Å². The van der Waals surface area contributed by atoms with Gasteiger partial charge in [-0.2, -0.15) is 5.26 Å². The van der Waals surface area contributed by atoms with Crippen LogP contribution in [-0.2, 0) is 11.2 Å². The lowest BCUT2D eigenvalue weighted by Crippen LogP contribution is -2.08. The first-order valence-electron chi connectivity index (χ1n) is 4.02. The van der Waals surface area contributed by atoms with Gasteiger partial charge in [0.25, 0.3) is 0 Å². The minimum Gasteiger partial charge on any atom is -0.481 e. The Bertz CT molecular complexity index is 459. The van der Waals surface area contributed by atoms with E-state index in [2.05, 4.69) is 0 Å². The van der Waals surface area contributed by atoms with E-state index in [9.17, 15) is 9.59 Å². The average molecular weight is 205 g/mol. The van der Waals surface area contributed by atoms with Crippen LogP contribution < -0.4 is 0 Å². The number of aliphatic carboxylic acids is 1. The van der Waals surface area contributed by atoms with Crippen LogP contribution in [0.25, 0.3) is 0 Å². The number of hydrogen-bond donors (Lipinski definition) is 2. The molecule has 0 aliphatic heterocycles. The molecule has 0 atom stereocenters. The van der Waals surface area contributed by atoms with E-state index in [-0.39, 0.29) is 23.1 Å². The van der Waals surface area contributed by atoms with Crippen LogP contribution in [0.3, 0.4) is 0 Å². The summed E-state index contributed by atoms with van der Waals surface area (Å²) in [6.07, 6.45) is -0.368. The molecule has 76 valence electrons. The Balaban J connectivity index is 3.22. The molecule has 15 heavy (non-hydrogen) atoms. The second kappa shape index (κ2) is 4.24. The van der Waals surface area contributed by atoms with Gasteiger partial charge in [-0.1, -0.05) is 6.07 Å². The molecule has 0 saturated carbocycles. The fourth-order valence-electron chi connectivity index (χ4n) is 1.16. The van der Waals surface area contributed by atoms with Gasteiger partial charge in [0.1, 0.15) is 0 Å². The molecule has 0 heterocycles. The number of benzene rings is 1. The summed E-state index contributed by atoms with van der Waals surface area (Å²) < 4.78 is 0. The second-order valence-corrected chi connectivity index (χ2v) is 2.86. The molecule has 5 heteroatoms. The molecule has 5 nitrogen and oxygen atoms in total. The Kier molecular flexibility index (Phi) is 3.03. The van der Waals surface area contributed by atoms with E-state index in [1.165, 1.54) is 18.2 Å². The minimum absolute atomic E-state index is 0.142. The van der Waals surface area contributed by atoms with E-state index in [1.54, 1.807) is 6.07 Å². The summed E-state index contributed by atoms with van der Waals surface area (Å²) in [6.45, 7) is 0. The van der Waals surface area contributed by atoms with Gasteiger partial charge in [0.05, 0.1) is 23.6 Å². The molecule has 0 saturated heterocycles. The number of rotatable bonds is 3. The summed E-state index contributed by atoms with van der Waals surface area (Å²) in [5, 5.41) is 25.9. The molecule has 0 fully saturated rings. The standard InChI is InChI=1S/C10H7NO4/c11-5-6-1-2-7(4-9(12)13)8(3-6)10(14)15/h1-3H,4H2,(H,12,13)(H,14,15). The van der Waals surface area contributed by atoms with Gasteiger partial charge < -0.3 is 10.2 Å². The second-order valence-electron chi connectivity index (χ2n) is 2.86. The smallest absolute Gasteiger partial charge is 0.336 e. The largest absolute Gasteiger partial charge is 0.481 e. The zero-order chi connectivity index (χ0) is 11.4. The fourth-order valence-corrected chi connectivity index (χ4v) is 1.16. The van der Waals surface area contributed by atoms with Gasteiger partial charge in [-0.3, -0.25) is 4.79 Å². The highest BCUT2D eigenvalue weighted by molar-refractivity contribution is 5.91. The SMILES string of the molecule is N#Cc1ccc(CC(=O)O)c(C(=O)O)c1. The van der Waals surface area contributed by atoms with Crippen LogP contribution in [0.2, 0.25) is 0 Å². The Morgan fingerprint density at radius 1 is 1.33 bits per heavy atom. The molecule has 1 rings (SSSR count). The summed E-state index contributed by atoms with van der Waals surface area (Å²) in [6, 6.07) is 5.70. The van der Waals surface area contributed by atoms with Gasteiger partial charge in [-0.15, -0.1) is 0 Å². The topological polar surface area (TPSA) is 98.4 Å². The lowest BCUT2D eigenvalue weighted by atomic mass is 10.0. The van der Waals surface area contributed by atoms with E-state index in [1.807, 2.05) is 0 Å². The minimum atomic E-state index is -1.23. The van der Waals surface area contributed by atoms with Crippen molar-refractivity contribution in [3.63, 3.8) is 0 Å². The van der Waals surface area contributed by atoms with Crippen LogP contribution in [-0.4, -0.2) is 22.2 Å². The van der Waals surface area contributed by atoms with Crippen molar-refractivity contribution in [2.75, 3.05) is 0 Å². The molecule has 1 aromatic rings. The first kappa shape index (κ1) is 10.7. The molecule has 0 bridgehead atoms. The van der Waals surface area contributed by atoms with Gasteiger partial charge >= 0.3 is 11.9 Å². The van der Waals surface area contributed by atoms with Crippen LogP contribution in [0.4, 0.5) is 0 Å². The number of carboxylic acid groups (broad SMARTS) is 2. The first-order valence-corrected chi connectivity index (χ1v) is 4.02. The summed E-state index contributed by atoms with van der Waals surface area (Å²) in [5.41, 5.74) is 0.243. The molecule has 1 aromatic carbocycles. The Morgan fingerprint density at radius 2 is 2.00 bits per heavy atom. The molecule has 0 aromatic heterocycles. The van der Waals surface area contributed by atoms with Crippen LogP contribution in [0, 0.1) is 11.3 Å². The highest BCUT2D eigenvalue weighted by Crippen LogP contribution is 2.12. The van der Waals surface area contributed by atoms with Gasteiger partial charge in [0.2, 0.25) is 0 Å². The third kappa shape index (κ3) is 2.54. The maximum absolute atomic E-state index is 10.8. The van der Waals surface area contributed by atoms with Crippen molar-refractivity contribution < 1.29 is 19.8 Å². The fraction of sp³-hybridized carbons (Fsp3) is 0.100. The number of carbonyl (C=O) groups is 2. The predicted octanol–water partition coefficient (Wildman–Crippen LogP) is 0.884. The summed E-state index contributed by atoms with van der Waals surface area (Å²) >= 11 is 0. The summed E-state index contributed by atoms with van der Waals surface area (Å²) in [5.74, 6) is -2.34. The third-order valence-electron chi connectivity index (χ3n) is 1.81. The summed E-state index contributed by atoms with van der Waals surface area (Å²) in [4.78, 5) is 21.2. The monoisotopic (exact) mass is 205 g/mol. The number of carboxylic acids is 2. The predicted molar refractivity (Wildman–Crippen MR) is 49.5 cm³/mol. The average Bonchev–Trinajstić information content (AvgIpc) is 2.17. The molecule has 0 amide bonds. The van der Waals surface area contributed by atoms with E-state index in [0.29, 0.717) is 0 Å². The highest BCUT2D eigenvalue weighted by Gasteiger charge is 2.13. The van der Waals surface area contributed by atoms with Crippen molar-refractivity contribution in [1.29, 1.82) is 5.26 Å². The van der Waals surface area contributed by atoms with Crippen molar-refractivity contribution >= 4 is 11.9 Å². The number of nitrogens with zero attached hydrogens (tertiary/aromatic N) is 1. The zero-order valence-electron chi connectivity index (χ0n) is 7.60. The molecule has 0 aliphatic carbocycles. The first-order chi connectivity index (χ1) is 7.04. The van der Waals surface area contributed by atoms with Crippen LogP contribution in [0.1, 0.15) is 21.5 Å². The Hall–Kier alpha value is -2.35. The van der Waals surface area contributed by atoms with E-state index < -0.39 is 11.9 Å². The van der Waals surface area contributed by atoms with Crippen LogP contribution in [0.15, 0.2) is 18.2 Å². The van der Waals surface area contributed by atoms with Gasteiger partial charge in [-0.05, 0) is 17.7 Å². The van der Waals surface area contributed by atoms with Crippen LogP contribution in [0.5, 0.6) is 0 Å². The van der Waals surface area contributed by atoms with Crippen molar-refractivity contribution in [2.24, 2.45) is 0 Å². The molecular weight excluding hydrogens is 198 g/mol. The maximum Gasteiger partial charge on any atom is 0.336 e. The third-order valence-corrected chi connectivity index (χ3v) is 1.81. The van der Waals surface area contributed by atoms with Crippen molar-refractivity contribution in [3.05, 3.63) is 34.9 Å². The molecule has 0 radical (unpaired) electrons. The molecule has 0 unspecified atom stereocenters. The van der Waals surface area contributed by atoms with Crippen molar-refractivity contribution in [1.82, 2.24) is 0 Å². The lowest BCUT2D eigenvalue weighted by molar-refractivity contribution is -0.136. The lowest BCUT2D eigenvalue weighted by Gasteiger charge is -2.03. The molecule has 0 aliphatic rings. The van der Waals surface area contributed by atoms with E-state index in [4.69, 9.17) is 15.5 Å². The molecule has 0 spiro atoms. The Labute approximate surface area is 85.2 Å². The van der Waals surface area contributed by atoms with Gasteiger partial charge in [0, 0.05) is 0 Å². The van der Waals surface area contributed by atoms with Gasteiger partial charge in [0.15, 0.2) is 0 Å². The number of hydrogen-bond acceptors (Lipinski definition) is 3. The normalized spacial score (nSPS) is 9.27. The quantitative estimate of drug-likeness (QED) is 0.763. The van der Waals surface area contributed by atoms with E-state index >= 15 is 0 Å². The maximum atomic E-state index is 10.8.